The van der Waals surface area contributed by atoms with Crippen molar-refractivity contribution < 1.29 is 35.5 Å². The molecule has 1 rings (SSSR count). The molecule has 6 nitrogen and oxygen atoms in total. The van der Waals surface area contributed by atoms with Gasteiger partial charge in [0, 0.05) is 11.1 Å². The van der Waals surface area contributed by atoms with Crippen molar-refractivity contribution in [2.24, 2.45) is 0 Å². The van der Waals surface area contributed by atoms with Crippen molar-refractivity contribution in [2.45, 2.75) is 19.4 Å². The Bertz CT molecular complexity index is 494. The van der Waals surface area contributed by atoms with Gasteiger partial charge in [-0.3, -0.25) is 9.59 Å². The third-order valence-corrected chi connectivity index (χ3v) is 2.94. The van der Waals surface area contributed by atoms with Crippen LogP contribution in [0.2, 0.25) is 0 Å². The Kier molecular flexibility index (Phi) is 3.05. The monoisotopic (exact) mass is 273 g/mol. The van der Waals surface area contributed by atoms with Crippen molar-refractivity contribution in [3.05, 3.63) is 11.1 Å². The number of hydroxylamine groups is 2. The molecule has 0 spiro atoms. The largest absolute Gasteiger partial charge is 0.525 e. The van der Waals surface area contributed by atoms with Gasteiger partial charge in [0.25, 0.3) is 11.8 Å². The Hall–Kier alpha value is -1.42. The summed E-state index contributed by atoms with van der Waals surface area (Å²) in [4.78, 5) is 22.4. The number of amides is 2. The first-order chi connectivity index (χ1) is 7.49. The molecule has 96 valence electrons. The van der Waals surface area contributed by atoms with E-state index in [1.54, 1.807) is 0 Å². The summed E-state index contributed by atoms with van der Waals surface area (Å²) in [6.45, 7) is 2.33. The van der Waals surface area contributed by atoms with E-state index in [1.807, 2.05) is 0 Å². The Labute approximate surface area is 93.7 Å². The van der Waals surface area contributed by atoms with Crippen molar-refractivity contribution in [1.29, 1.82) is 0 Å². The van der Waals surface area contributed by atoms with Crippen molar-refractivity contribution in [2.75, 3.05) is 0 Å². The van der Waals surface area contributed by atoms with Gasteiger partial charge in [-0.15, -0.1) is 9.35 Å². The van der Waals surface area contributed by atoms with Gasteiger partial charge in [0.1, 0.15) is 0 Å². The molecule has 0 N–H and O–H groups in total. The fourth-order valence-electron chi connectivity index (χ4n) is 0.926. The Balaban J connectivity index is 3.03. The summed E-state index contributed by atoms with van der Waals surface area (Å²) in [7, 11) is -6.04. The quantitative estimate of drug-likeness (QED) is 0.539. The lowest BCUT2D eigenvalue weighted by molar-refractivity contribution is -0.166. The van der Waals surface area contributed by atoms with Gasteiger partial charge >= 0.3 is 15.6 Å². The predicted octanol–water partition coefficient (Wildman–Crippen LogP) is 0.473. The van der Waals surface area contributed by atoms with Gasteiger partial charge in [-0.1, -0.05) is 0 Å². The Morgan fingerprint density at radius 1 is 1.06 bits per heavy atom. The zero-order valence-corrected chi connectivity index (χ0v) is 9.35. The van der Waals surface area contributed by atoms with Crippen LogP contribution in [0.25, 0.3) is 0 Å². The van der Waals surface area contributed by atoms with Gasteiger partial charge in [0.15, 0.2) is 0 Å². The lowest BCUT2D eigenvalue weighted by atomic mass is 10.2. The van der Waals surface area contributed by atoms with Gasteiger partial charge in [0.2, 0.25) is 0 Å². The summed E-state index contributed by atoms with van der Waals surface area (Å²) in [5, 5.41) is -0.423. The van der Waals surface area contributed by atoms with Gasteiger partial charge in [-0.2, -0.15) is 21.6 Å². The molecule has 0 aliphatic carbocycles. The van der Waals surface area contributed by atoms with Crippen LogP contribution >= 0.6 is 0 Å². The molecule has 0 aromatic heterocycles. The minimum absolute atomic E-state index is 0.174. The molecule has 1 aliphatic rings. The molecule has 0 saturated heterocycles. The second-order valence-electron chi connectivity index (χ2n) is 3.13. The fourth-order valence-corrected chi connectivity index (χ4v) is 1.34. The molecule has 0 atom stereocenters. The van der Waals surface area contributed by atoms with Crippen LogP contribution < -0.4 is 0 Å². The maximum Gasteiger partial charge on any atom is 0.525 e. The summed E-state index contributed by atoms with van der Waals surface area (Å²) in [5.74, 6) is -2.47. The summed E-state index contributed by atoms with van der Waals surface area (Å²) in [5.41, 5.74) is -6.06. The molecular formula is C7H6F3NO5S. The highest BCUT2D eigenvalue weighted by Crippen LogP contribution is 2.28. The summed E-state index contributed by atoms with van der Waals surface area (Å²) >= 11 is 0. The van der Waals surface area contributed by atoms with E-state index in [-0.39, 0.29) is 11.1 Å². The average molecular weight is 273 g/mol. The molecule has 0 saturated carbocycles. The van der Waals surface area contributed by atoms with Crippen molar-refractivity contribution in [3.8, 4) is 0 Å². The average Bonchev–Trinajstić information content (AvgIpc) is 2.34. The maximum atomic E-state index is 12.0. The standard InChI is InChI=1S/C7H6F3NO5S/c1-3-4(2)6(13)11(5(3)12)16-17(14,15)7(8,9)10/h1-2H3. The first-order valence-electron chi connectivity index (χ1n) is 4.06. The molecule has 0 bridgehead atoms. The van der Waals surface area contributed by atoms with E-state index in [1.165, 1.54) is 13.8 Å². The van der Waals surface area contributed by atoms with E-state index in [0.717, 1.165) is 0 Å². The lowest BCUT2D eigenvalue weighted by Gasteiger charge is -2.14. The van der Waals surface area contributed by atoms with Crippen molar-refractivity contribution in [3.63, 3.8) is 0 Å². The molecule has 17 heavy (non-hydrogen) atoms. The summed E-state index contributed by atoms with van der Waals surface area (Å²) in [6, 6.07) is 0. The second kappa shape index (κ2) is 3.81. The van der Waals surface area contributed by atoms with E-state index in [0.29, 0.717) is 0 Å². The van der Waals surface area contributed by atoms with Crippen molar-refractivity contribution in [1.82, 2.24) is 5.06 Å². The topological polar surface area (TPSA) is 80.8 Å². The smallest absolute Gasteiger partial charge is 0.267 e. The first kappa shape index (κ1) is 13.6. The van der Waals surface area contributed by atoms with Crippen LogP contribution in [-0.2, 0) is 24.0 Å². The van der Waals surface area contributed by atoms with Crippen LogP contribution in [-0.4, -0.2) is 30.8 Å². The zero-order valence-electron chi connectivity index (χ0n) is 8.53. The number of hydrogen-bond acceptors (Lipinski definition) is 5. The van der Waals surface area contributed by atoms with Crippen LogP contribution in [0, 0.1) is 0 Å². The lowest BCUT2D eigenvalue weighted by Crippen LogP contribution is -2.38. The third kappa shape index (κ3) is 2.17. The number of nitrogens with zero attached hydrogens (tertiary/aromatic N) is 1. The van der Waals surface area contributed by atoms with E-state index in [9.17, 15) is 31.2 Å². The minimum Gasteiger partial charge on any atom is -0.267 e. The number of hydrogen-bond donors (Lipinski definition) is 0. The molecule has 1 aliphatic heterocycles. The predicted molar refractivity (Wildman–Crippen MR) is 46.3 cm³/mol. The van der Waals surface area contributed by atoms with Gasteiger partial charge in [-0.05, 0) is 13.8 Å². The maximum absolute atomic E-state index is 12.0. The molecular weight excluding hydrogens is 267 g/mol. The Morgan fingerprint density at radius 3 is 1.71 bits per heavy atom. The molecule has 0 fully saturated rings. The van der Waals surface area contributed by atoms with Crippen LogP contribution in [0.3, 0.4) is 0 Å². The van der Waals surface area contributed by atoms with E-state index >= 15 is 0 Å². The highest BCUT2D eigenvalue weighted by Gasteiger charge is 2.51. The minimum atomic E-state index is -6.04. The number of halogens is 3. The van der Waals surface area contributed by atoms with Crippen molar-refractivity contribution >= 4 is 21.9 Å². The number of carbonyl (C=O) groups excluding carboxylic acids is 2. The van der Waals surface area contributed by atoms with Crippen LogP contribution in [0.5, 0.6) is 0 Å². The van der Waals surface area contributed by atoms with Crippen LogP contribution in [0.1, 0.15) is 13.8 Å². The highest BCUT2D eigenvalue weighted by molar-refractivity contribution is 7.87. The molecule has 10 heteroatoms. The zero-order chi connectivity index (χ0) is 13.6. The second-order valence-corrected chi connectivity index (χ2v) is 4.65. The number of imide groups is 1. The Morgan fingerprint density at radius 2 is 1.41 bits per heavy atom. The van der Waals surface area contributed by atoms with E-state index in [2.05, 4.69) is 4.28 Å². The molecule has 0 unspecified atom stereocenters. The molecule has 0 aromatic carbocycles. The third-order valence-electron chi connectivity index (χ3n) is 2.03. The molecule has 0 radical (unpaired) electrons. The number of alkyl halides is 3. The SMILES string of the molecule is CC1=C(C)C(=O)N(OS(=O)(=O)C(F)(F)F)C1=O. The van der Waals surface area contributed by atoms with E-state index < -0.39 is 32.5 Å². The molecule has 2 amide bonds. The number of carbonyl (C=O) groups is 2. The normalized spacial score (nSPS) is 18.3. The molecule has 1 heterocycles. The van der Waals surface area contributed by atoms with Gasteiger partial charge < -0.3 is 0 Å². The molecule has 0 aromatic rings. The summed E-state index contributed by atoms with van der Waals surface area (Å²) in [6.07, 6.45) is 0. The van der Waals surface area contributed by atoms with E-state index in [4.69, 9.17) is 0 Å². The summed E-state index contributed by atoms with van der Waals surface area (Å²) < 4.78 is 60.5. The first-order valence-corrected chi connectivity index (χ1v) is 5.47. The highest BCUT2D eigenvalue weighted by atomic mass is 32.2. The van der Waals surface area contributed by atoms with Gasteiger partial charge in [-0.25, -0.2) is 0 Å². The van der Waals surface area contributed by atoms with Crippen LogP contribution in [0.4, 0.5) is 13.2 Å². The fraction of sp³-hybridized carbons (Fsp3) is 0.429. The van der Waals surface area contributed by atoms with Crippen LogP contribution in [0.15, 0.2) is 11.1 Å². The number of rotatable bonds is 2. The van der Waals surface area contributed by atoms with Gasteiger partial charge in [0.05, 0.1) is 0 Å².